The highest BCUT2D eigenvalue weighted by atomic mass is 35.5. The topological polar surface area (TPSA) is 105 Å². The standard InChI is InChI=1S/C17H22N4O5.ClH/c1-26-15-5-4-12(9-14(15)21(24)25)17(23)19-7-2-3-13(11-19)20-8-6-18-10-16(20)22;/h4-5,9,13,18H,2-3,6-8,10-11H2,1H3;1H. The van der Waals surface area contributed by atoms with Crippen LogP contribution in [0, 0.1) is 10.1 Å². The Bertz CT molecular complexity index is 729. The Kier molecular flexibility index (Phi) is 6.98. The van der Waals surface area contributed by atoms with Gasteiger partial charge in [0.1, 0.15) is 0 Å². The van der Waals surface area contributed by atoms with Crippen LogP contribution in [-0.2, 0) is 4.79 Å². The van der Waals surface area contributed by atoms with Crippen molar-refractivity contribution < 1.29 is 19.2 Å². The minimum Gasteiger partial charge on any atom is -0.490 e. The Morgan fingerprint density at radius 2 is 2.15 bits per heavy atom. The maximum atomic E-state index is 12.8. The average Bonchev–Trinajstić information content (AvgIpc) is 2.67. The highest BCUT2D eigenvalue weighted by Crippen LogP contribution is 2.28. The number of ether oxygens (including phenoxy) is 1. The van der Waals surface area contributed by atoms with Gasteiger partial charge in [-0.15, -0.1) is 12.4 Å². The first-order valence-corrected chi connectivity index (χ1v) is 8.63. The fourth-order valence-electron chi connectivity index (χ4n) is 3.55. The van der Waals surface area contributed by atoms with E-state index < -0.39 is 4.92 Å². The molecule has 148 valence electrons. The first kappa shape index (κ1) is 20.9. The lowest BCUT2D eigenvalue weighted by molar-refractivity contribution is -0.385. The summed E-state index contributed by atoms with van der Waals surface area (Å²) in [5, 5.41) is 14.2. The largest absolute Gasteiger partial charge is 0.490 e. The molecular formula is C17H23ClN4O5. The molecule has 2 fully saturated rings. The molecule has 0 aromatic heterocycles. The molecular weight excluding hydrogens is 376 g/mol. The van der Waals surface area contributed by atoms with Crippen molar-refractivity contribution in [2.24, 2.45) is 0 Å². The molecule has 0 aliphatic carbocycles. The van der Waals surface area contributed by atoms with Gasteiger partial charge in [-0.1, -0.05) is 0 Å². The van der Waals surface area contributed by atoms with Crippen LogP contribution in [-0.4, -0.2) is 72.4 Å². The number of rotatable bonds is 4. The Morgan fingerprint density at radius 1 is 1.37 bits per heavy atom. The molecule has 2 aliphatic rings. The Hall–Kier alpha value is -2.39. The quantitative estimate of drug-likeness (QED) is 0.600. The third-order valence-electron chi connectivity index (χ3n) is 4.87. The van der Waals surface area contributed by atoms with Crippen molar-refractivity contribution in [3.8, 4) is 5.75 Å². The van der Waals surface area contributed by atoms with Crippen LogP contribution in [0.4, 0.5) is 5.69 Å². The number of nitrogens with one attached hydrogen (secondary N) is 1. The number of hydrogen-bond acceptors (Lipinski definition) is 6. The molecule has 1 aromatic rings. The summed E-state index contributed by atoms with van der Waals surface area (Å²) in [6, 6.07) is 4.22. The van der Waals surface area contributed by atoms with Gasteiger partial charge < -0.3 is 19.9 Å². The number of benzene rings is 1. The molecule has 10 heteroatoms. The molecule has 3 rings (SSSR count). The summed E-state index contributed by atoms with van der Waals surface area (Å²) in [6.07, 6.45) is 1.66. The molecule has 9 nitrogen and oxygen atoms in total. The number of nitrogens with zero attached hydrogens (tertiary/aromatic N) is 3. The predicted octanol–water partition coefficient (Wildman–Crippen LogP) is 1.06. The van der Waals surface area contributed by atoms with Crippen LogP contribution in [0.15, 0.2) is 18.2 Å². The molecule has 0 bridgehead atoms. The van der Waals surface area contributed by atoms with E-state index >= 15 is 0 Å². The van der Waals surface area contributed by atoms with Crippen molar-refractivity contribution in [1.82, 2.24) is 15.1 Å². The molecule has 2 heterocycles. The van der Waals surface area contributed by atoms with Crippen LogP contribution < -0.4 is 10.1 Å². The fraction of sp³-hybridized carbons (Fsp3) is 0.529. The number of hydrogen-bond donors (Lipinski definition) is 1. The number of piperidine rings is 1. The summed E-state index contributed by atoms with van der Waals surface area (Å²) in [7, 11) is 1.35. The fourth-order valence-corrected chi connectivity index (χ4v) is 3.55. The van der Waals surface area contributed by atoms with Gasteiger partial charge in [-0.05, 0) is 25.0 Å². The maximum absolute atomic E-state index is 12.8. The average molecular weight is 399 g/mol. The van der Waals surface area contributed by atoms with Gasteiger partial charge in [0.15, 0.2) is 5.75 Å². The summed E-state index contributed by atoms with van der Waals surface area (Å²) in [4.78, 5) is 39.1. The SMILES string of the molecule is COc1ccc(C(=O)N2CCCC(N3CCNCC3=O)C2)cc1[N+](=O)[O-].Cl. The molecule has 0 spiro atoms. The molecule has 1 N–H and O–H groups in total. The van der Waals surface area contributed by atoms with Crippen molar-refractivity contribution in [2.75, 3.05) is 39.8 Å². The number of nitro benzene ring substituents is 1. The van der Waals surface area contributed by atoms with E-state index in [9.17, 15) is 19.7 Å². The highest BCUT2D eigenvalue weighted by molar-refractivity contribution is 5.95. The first-order valence-electron chi connectivity index (χ1n) is 8.63. The van der Waals surface area contributed by atoms with Crippen LogP contribution in [0.1, 0.15) is 23.2 Å². The van der Waals surface area contributed by atoms with Gasteiger partial charge in [0.05, 0.1) is 18.6 Å². The third-order valence-corrected chi connectivity index (χ3v) is 4.87. The van der Waals surface area contributed by atoms with Crippen molar-refractivity contribution in [3.63, 3.8) is 0 Å². The number of methoxy groups -OCH3 is 1. The van der Waals surface area contributed by atoms with Crippen molar-refractivity contribution in [3.05, 3.63) is 33.9 Å². The van der Waals surface area contributed by atoms with Gasteiger partial charge in [-0.3, -0.25) is 19.7 Å². The van der Waals surface area contributed by atoms with E-state index in [2.05, 4.69) is 5.32 Å². The van der Waals surface area contributed by atoms with E-state index in [4.69, 9.17) is 4.74 Å². The number of likely N-dealkylation sites (tertiary alicyclic amines) is 1. The number of amides is 2. The van der Waals surface area contributed by atoms with Gasteiger partial charge in [-0.25, -0.2) is 0 Å². The van der Waals surface area contributed by atoms with E-state index in [0.717, 1.165) is 19.4 Å². The van der Waals surface area contributed by atoms with Crippen LogP contribution in [0.2, 0.25) is 0 Å². The first-order chi connectivity index (χ1) is 12.5. The molecule has 0 saturated carbocycles. The van der Waals surface area contributed by atoms with Gasteiger partial charge >= 0.3 is 5.69 Å². The van der Waals surface area contributed by atoms with Gasteiger partial charge in [-0.2, -0.15) is 0 Å². The Labute approximate surface area is 163 Å². The molecule has 1 atom stereocenters. The second-order valence-electron chi connectivity index (χ2n) is 6.45. The number of nitro groups is 1. The maximum Gasteiger partial charge on any atom is 0.311 e. The zero-order valence-corrected chi connectivity index (χ0v) is 15.9. The predicted molar refractivity (Wildman–Crippen MR) is 100 cm³/mol. The third kappa shape index (κ3) is 4.48. The van der Waals surface area contributed by atoms with Crippen molar-refractivity contribution in [1.29, 1.82) is 0 Å². The number of halogens is 1. The van der Waals surface area contributed by atoms with Gasteiger partial charge in [0.2, 0.25) is 5.91 Å². The normalized spacial score (nSPS) is 20.0. The zero-order chi connectivity index (χ0) is 18.7. The molecule has 0 radical (unpaired) electrons. The van der Waals surface area contributed by atoms with Gasteiger partial charge in [0.25, 0.3) is 5.91 Å². The molecule has 27 heavy (non-hydrogen) atoms. The molecule has 1 aromatic carbocycles. The second kappa shape index (κ2) is 9.01. The number of carbonyl (C=O) groups is 2. The van der Waals surface area contributed by atoms with E-state index in [1.807, 2.05) is 4.90 Å². The zero-order valence-electron chi connectivity index (χ0n) is 15.1. The Balaban J connectivity index is 0.00000261. The van der Waals surface area contributed by atoms with E-state index in [1.54, 1.807) is 4.90 Å². The van der Waals surface area contributed by atoms with E-state index in [0.29, 0.717) is 26.2 Å². The summed E-state index contributed by atoms with van der Waals surface area (Å²) < 4.78 is 4.98. The minimum atomic E-state index is -0.561. The number of carbonyl (C=O) groups excluding carboxylic acids is 2. The second-order valence-corrected chi connectivity index (χ2v) is 6.45. The van der Waals surface area contributed by atoms with E-state index in [1.165, 1.54) is 25.3 Å². The smallest absolute Gasteiger partial charge is 0.311 e. The van der Waals surface area contributed by atoms with Crippen LogP contribution in [0.3, 0.4) is 0 Å². The minimum absolute atomic E-state index is 0. The summed E-state index contributed by atoms with van der Waals surface area (Å²) in [5.41, 5.74) is 0.0222. The lowest BCUT2D eigenvalue weighted by Gasteiger charge is -2.41. The van der Waals surface area contributed by atoms with Gasteiger partial charge in [0, 0.05) is 43.9 Å². The van der Waals surface area contributed by atoms with E-state index in [-0.39, 0.29) is 47.3 Å². The molecule has 2 amide bonds. The molecule has 1 unspecified atom stereocenters. The van der Waals surface area contributed by atoms with Crippen LogP contribution >= 0.6 is 12.4 Å². The Morgan fingerprint density at radius 3 is 2.81 bits per heavy atom. The monoisotopic (exact) mass is 398 g/mol. The van der Waals surface area contributed by atoms with Crippen molar-refractivity contribution >= 4 is 29.9 Å². The van der Waals surface area contributed by atoms with Crippen LogP contribution in [0.5, 0.6) is 5.75 Å². The van der Waals surface area contributed by atoms with Crippen LogP contribution in [0.25, 0.3) is 0 Å². The number of piperazine rings is 1. The molecule has 2 saturated heterocycles. The van der Waals surface area contributed by atoms with Crippen molar-refractivity contribution in [2.45, 2.75) is 18.9 Å². The lowest BCUT2D eigenvalue weighted by atomic mass is 10.0. The summed E-state index contributed by atoms with van der Waals surface area (Å²) in [6.45, 7) is 2.75. The lowest BCUT2D eigenvalue weighted by Crippen LogP contribution is -2.57. The summed E-state index contributed by atoms with van der Waals surface area (Å²) >= 11 is 0. The summed E-state index contributed by atoms with van der Waals surface area (Å²) in [5.74, 6) is -0.0897. The molecule has 2 aliphatic heterocycles. The highest BCUT2D eigenvalue weighted by Gasteiger charge is 2.32.